The summed E-state index contributed by atoms with van der Waals surface area (Å²) >= 11 is 0. The van der Waals surface area contributed by atoms with Gasteiger partial charge in [0.1, 0.15) is 0 Å². The Hall–Kier alpha value is -1.91. The zero-order chi connectivity index (χ0) is 16.9. The topological polar surface area (TPSA) is 69.4 Å². The molecule has 0 saturated heterocycles. The van der Waals surface area contributed by atoms with Gasteiger partial charge in [-0.05, 0) is 23.5 Å². The summed E-state index contributed by atoms with van der Waals surface area (Å²) in [6.45, 7) is 9.86. The zero-order valence-electron chi connectivity index (χ0n) is 14.0. The van der Waals surface area contributed by atoms with E-state index in [9.17, 15) is 14.9 Å². The number of benzene rings is 1. The molecule has 0 amide bonds. The van der Waals surface area contributed by atoms with Gasteiger partial charge in [0.15, 0.2) is 0 Å². The van der Waals surface area contributed by atoms with Gasteiger partial charge in [-0.25, -0.2) is 0 Å². The summed E-state index contributed by atoms with van der Waals surface area (Å²) < 4.78 is 4.94. The predicted octanol–water partition coefficient (Wildman–Crippen LogP) is 3.69. The van der Waals surface area contributed by atoms with E-state index >= 15 is 0 Å². The zero-order valence-corrected chi connectivity index (χ0v) is 14.0. The Morgan fingerprint density at radius 2 is 1.82 bits per heavy atom. The molecule has 0 fully saturated rings. The van der Waals surface area contributed by atoms with E-state index in [0.29, 0.717) is 0 Å². The minimum absolute atomic E-state index is 0.0177. The summed E-state index contributed by atoms with van der Waals surface area (Å²) in [6.07, 6.45) is 0.0187. The lowest BCUT2D eigenvalue weighted by Gasteiger charge is -2.22. The number of carbonyl (C=O) groups is 1. The summed E-state index contributed by atoms with van der Waals surface area (Å²) in [5.74, 6) is -0.885. The summed E-state index contributed by atoms with van der Waals surface area (Å²) in [5.41, 5.74) is 1.97. The van der Waals surface area contributed by atoms with E-state index < -0.39 is 17.9 Å². The van der Waals surface area contributed by atoms with Gasteiger partial charge in [0, 0.05) is 11.8 Å². The number of rotatable bonds is 6. The average Bonchev–Trinajstić information content (AvgIpc) is 2.43. The van der Waals surface area contributed by atoms with Crippen molar-refractivity contribution in [2.24, 2.45) is 0 Å². The molecule has 0 aliphatic carbocycles. The average molecular weight is 307 g/mol. The van der Waals surface area contributed by atoms with Crippen LogP contribution in [0.1, 0.15) is 58.1 Å². The van der Waals surface area contributed by atoms with Crippen LogP contribution >= 0.6 is 0 Å². The van der Waals surface area contributed by atoms with Gasteiger partial charge in [0.2, 0.25) is 6.04 Å². The van der Waals surface area contributed by atoms with Gasteiger partial charge in [-0.2, -0.15) is 0 Å². The Labute approximate surface area is 131 Å². The Morgan fingerprint density at radius 1 is 1.27 bits per heavy atom. The molecule has 0 aromatic heterocycles. The number of carbonyl (C=O) groups excluding carboxylic acids is 1. The molecule has 0 aliphatic rings. The highest BCUT2D eigenvalue weighted by Crippen LogP contribution is 2.29. The van der Waals surface area contributed by atoms with Gasteiger partial charge < -0.3 is 4.74 Å². The molecule has 1 rings (SSSR count). The van der Waals surface area contributed by atoms with Crippen molar-refractivity contribution in [1.82, 2.24) is 0 Å². The molecule has 0 N–H and O–H groups in total. The smallest absolute Gasteiger partial charge is 0.306 e. The van der Waals surface area contributed by atoms with E-state index in [1.54, 1.807) is 6.92 Å². The van der Waals surface area contributed by atoms with E-state index in [1.165, 1.54) is 6.92 Å². The second kappa shape index (κ2) is 7.38. The highest BCUT2D eigenvalue weighted by molar-refractivity contribution is 5.70. The minimum Gasteiger partial charge on any atom is -0.466 e. The highest BCUT2D eigenvalue weighted by atomic mass is 16.6. The maximum Gasteiger partial charge on any atom is 0.306 e. The first-order chi connectivity index (χ1) is 10.2. The molecule has 0 spiro atoms. The monoisotopic (exact) mass is 307 g/mol. The van der Waals surface area contributed by atoms with Crippen molar-refractivity contribution in [2.75, 3.05) is 6.61 Å². The molecule has 1 aromatic carbocycles. The van der Waals surface area contributed by atoms with Crippen LogP contribution in [-0.4, -0.2) is 23.5 Å². The molecule has 2 unspecified atom stereocenters. The van der Waals surface area contributed by atoms with Crippen LogP contribution in [-0.2, 0) is 14.9 Å². The van der Waals surface area contributed by atoms with Crippen LogP contribution in [0.3, 0.4) is 0 Å². The molecule has 1 aromatic rings. The summed E-state index contributed by atoms with van der Waals surface area (Å²) in [6, 6.07) is 6.86. The van der Waals surface area contributed by atoms with Crippen molar-refractivity contribution in [3.8, 4) is 0 Å². The predicted molar refractivity (Wildman–Crippen MR) is 85.6 cm³/mol. The van der Waals surface area contributed by atoms with E-state index in [1.807, 2.05) is 24.3 Å². The second-order valence-electron chi connectivity index (χ2n) is 6.51. The quantitative estimate of drug-likeness (QED) is 0.456. The number of hydrogen-bond acceptors (Lipinski definition) is 4. The Morgan fingerprint density at radius 3 is 2.23 bits per heavy atom. The van der Waals surface area contributed by atoms with Crippen LogP contribution in [0.2, 0.25) is 0 Å². The van der Waals surface area contributed by atoms with Gasteiger partial charge in [-0.3, -0.25) is 14.9 Å². The van der Waals surface area contributed by atoms with Crippen LogP contribution in [0.15, 0.2) is 24.3 Å². The fraction of sp³-hybridized carbons (Fsp3) is 0.588. The summed E-state index contributed by atoms with van der Waals surface area (Å²) in [5, 5.41) is 11.1. The normalized spacial score (nSPS) is 14.2. The van der Waals surface area contributed by atoms with Gasteiger partial charge >= 0.3 is 5.97 Å². The highest BCUT2D eigenvalue weighted by Gasteiger charge is 2.31. The van der Waals surface area contributed by atoms with E-state index in [-0.39, 0.29) is 23.4 Å². The Balaban J connectivity index is 3.05. The maximum absolute atomic E-state index is 11.7. The Bertz CT molecular complexity index is 516. The number of nitrogens with zero attached hydrogens (tertiary/aromatic N) is 1. The van der Waals surface area contributed by atoms with Crippen LogP contribution in [0.4, 0.5) is 0 Å². The molecule has 0 saturated carbocycles. The molecule has 0 radical (unpaired) electrons. The SMILES string of the molecule is CCOC(=O)CC(c1ccc(C(C)(C)C)cc1)C(C)[N+](=O)[O-]. The Kier molecular flexibility index (Phi) is 6.09. The first-order valence-corrected chi connectivity index (χ1v) is 7.56. The lowest BCUT2D eigenvalue weighted by molar-refractivity contribution is -0.522. The van der Waals surface area contributed by atoms with Gasteiger partial charge in [0.05, 0.1) is 18.9 Å². The number of ether oxygens (including phenoxy) is 1. The van der Waals surface area contributed by atoms with Crippen molar-refractivity contribution >= 4 is 5.97 Å². The van der Waals surface area contributed by atoms with Crippen molar-refractivity contribution in [3.63, 3.8) is 0 Å². The molecule has 22 heavy (non-hydrogen) atoms. The van der Waals surface area contributed by atoms with E-state index in [0.717, 1.165) is 11.1 Å². The minimum atomic E-state index is -0.843. The van der Waals surface area contributed by atoms with Crippen molar-refractivity contribution < 1.29 is 14.5 Å². The number of esters is 1. The third-order valence-electron chi connectivity index (χ3n) is 3.81. The lowest BCUT2D eigenvalue weighted by atomic mass is 9.84. The van der Waals surface area contributed by atoms with Crippen LogP contribution < -0.4 is 0 Å². The van der Waals surface area contributed by atoms with Crippen molar-refractivity contribution in [1.29, 1.82) is 0 Å². The molecular weight excluding hydrogens is 282 g/mol. The molecular formula is C17H25NO4. The van der Waals surface area contributed by atoms with E-state index in [4.69, 9.17) is 4.74 Å². The molecule has 122 valence electrons. The molecule has 5 heteroatoms. The van der Waals surface area contributed by atoms with Crippen LogP contribution in [0.25, 0.3) is 0 Å². The largest absolute Gasteiger partial charge is 0.466 e. The fourth-order valence-corrected chi connectivity index (χ4v) is 2.34. The summed E-state index contributed by atoms with van der Waals surface area (Å²) in [7, 11) is 0. The standard InChI is InChI=1S/C17H25NO4/c1-6-22-16(19)11-15(12(2)18(20)21)13-7-9-14(10-8-13)17(3,4)5/h7-10,12,15H,6,11H2,1-5H3. The fourth-order valence-electron chi connectivity index (χ4n) is 2.34. The third-order valence-corrected chi connectivity index (χ3v) is 3.81. The lowest BCUT2D eigenvalue weighted by Crippen LogP contribution is -2.27. The second-order valence-corrected chi connectivity index (χ2v) is 6.51. The molecule has 0 heterocycles. The number of nitro groups is 1. The first-order valence-electron chi connectivity index (χ1n) is 7.56. The van der Waals surface area contributed by atoms with Crippen LogP contribution in [0.5, 0.6) is 0 Å². The first kappa shape index (κ1) is 18.1. The number of hydrogen-bond donors (Lipinski definition) is 0. The van der Waals surface area contributed by atoms with Gasteiger partial charge in [-0.15, -0.1) is 0 Å². The van der Waals surface area contributed by atoms with Crippen molar-refractivity contribution in [2.45, 2.75) is 58.4 Å². The molecule has 0 bridgehead atoms. The molecule has 0 aliphatic heterocycles. The maximum atomic E-state index is 11.7. The molecule has 5 nitrogen and oxygen atoms in total. The van der Waals surface area contributed by atoms with Crippen LogP contribution in [0, 0.1) is 10.1 Å². The van der Waals surface area contributed by atoms with Crippen molar-refractivity contribution in [3.05, 3.63) is 45.5 Å². The summed E-state index contributed by atoms with van der Waals surface area (Å²) in [4.78, 5) is 22.5. The molecule has 2 atom stereocenters. The van der Waals surface area contributed by atoms with Gasteiger partial charge in [-0.1, -0.05) is 45.0 Å². The van der Waals surface area contributed by atoms with E-state index in [2.05, 4.69) is 20.8 Å². The van der Waals surface area contributed by atoms with Gasteiger partial charge in [0.25, 0.3) is 0 Å². The third kappa shape index (κ3) is 4.83.